The topological polar surface area (TPSA) is 37.3 Å². The molecule has 1 atom stereocenters. The molecule has 1 aliphatic carbocycles. The second kappa shape index (κ2) is 3.30. The molecule has 0 aromatic heterocycles. The van der Waals surface area contributed by atoms with Gasteiger partial charge in [-0.05, 0) is 11.1 Å². The van der Waals surface area contributed by atoms with E-state index in [9.17, 15) is 4.79 Å². The molecule has 0 amide bonds. The van der Waals surface area contributed by atoms with Gasteiger partial charge in [0.05, 0.1) is 6.61 Å². The van der Waals surface area contributed by atoms with Crippen molar-refractivity contribution in [3.63, 3.8) is 0 Å². The number of carbonyl (C=O) groups excluding carboxylic acids is 1. The van der Waals surface area contributed by atoms with Crippen molar-refractivity contribution in [2.24, 2.45) is 0 Å². The lowest BCUT2D eigenvalue weighted by molar-refractivity contribution is -0.119. The largest absolute Gasteiger partial charge is 0.396 e. The number of carbonyl (C=O) groups is 1. The molecule has 2 nitrogen and oxygen atoms in total. The highest BCUT2D eigenvalue weighted by molar-refractivity contribution is 5.84. The third kappa shape index (κ3) is 1.49. The maximum absolute atomic E-state index is 11.3. The molecule has 1 aliphatic rings. The molecule has 68 valence electrons. The van der Waals surface area contributed by atoms with Crippen molar-refractivity contribution in [1.29, 1.82) is 0 Å². The van der Waals surface area contributed by atoms with E-state index in [0.717, 1.165) is 11.1 Å². The van der Waals surface area contributed by atoms with Gasteiger partial charge in [-0.25, -0.2) is 0 Å². The summed E-state index contributed by atoms with van der Waals surface area (Å²) in [6, 6.07) is 7.86. The molecule has 0 fully saturated rings. The molecule has 1 aromatic rings. The predicted molar refractivity (Wildman–Crippen MR) is 49.6 cm³/mol. The third-order valence-electron chi connectivity index (χ3n) is 2.58. The van der Waals surface area contributed by atoms with Crippen LogP contribution in [-0.4, -0.2) is 17.5 Å². The van der Waals surface area contributed by atoms with Crippen LogP contribution in [0.2, 0.25) is 0 Å². The minimum Gasteiger partial charge on any atom is -0.396 e. The number of hydrogen-bond acceptors (Lipinski definition) is 2. The van der Waals surface area contributed by atoms with Gasteiger partial charge in [0.2, 0.25) is 0 Å². The van der Waals surface area contributed by atoms with Crippen LogP contribution >= 0.6 is 0 Å². The first-order chi connectivity index (χ1) is 6.31. The molecule has 0 spiro atoms. The van der Waals surface area contributed by atoms with E-state index < -0.39 is 0 Å². The fourth-order valence-electron chi connectivity index (χ4n) is 1.93. The van der Waals surface area contributed by atoms with Gasteiger partial charge in [0.25, 0.3) is 0 Å². The molecule has 0 saturated heterocycles. The summed E-state index contributed by atoms with van der Waals surface area (Å²) in [5, 5.41) is 9.10. The van der Waals surface area contributed by atoms with Crippen LogP contribution in [0.25, 0.3) is 0 Å². The van der Waals surface area contributed by atoms with E-state index >= 15 is 0 Å². The van der Waals surface area contributed by atoms with Gasteiger partial charge in [-0.15, -0.1) is 0 Å². The highest BCUT2D eigenvalue weighted by atomic mass is 16.3. The second-order valence-corrected chi connectivity index (χ2v) is 3.50. The highest BCUT2D eigenvalue weighted by Crippen LogP contribution is 2.28. The van der Waals surface area contributed by atoms with E-state index in [-0.39, 0.29) is 18.3 Å². The first kappa shape index (κ1) is 8.45. The molecule has 0 heterocycles. The van der Waals surface area contributed by atoms with Crippen LogP contribution in [0, 0.1) is 0 Å². The number of aliphatic hydroxyl groups excluding tert-OH is 1. The van der Waals surface area contributed by atoms with Crippen LogP contribution in [0.4, 0.5) is 0 Å². The number of hydrogen-bond donors (Lipinski definition) is 1. The van der Waals surface area contributed by atoms with E-state index in [4.69, 9.17) is 5.11 Å². The summed E-state index contributed by atoms with van der Waals surface area (Å²) >= 11 is 0. The fourth-order valence-corrected chi connectivity index (χ4v) is 1.93. The zero-order valence-corrected chi connectivity index (χ0v) is 7.36. The van der Waals surface area contributed by atoms with Crippen LogP contribution in [0.3, 0.4) is 0 Å². The fraction of sp³-hybridized carbons (Fsp3) is 0.364. The van der Waals surface area contributed by atoms with Crippen molar-refractivity contribution in [2.75, 3.05) is 6.61 Å². The Bertz CT molecular complexity index is 331. The molecule has 0 saturated carbocycles. The smallest absolute Gasteiger partial charge is 0.137 e. The lowest BCUT2D eigenvalue weighted by Crippen LogP contribution is -2.20. The van der Waals surface area contributed by atoms with E-state index in [1.807, 2.05) is 24.3 Å². The number of fused-ring (bicyclic) bond motifs is 1. The number of benzene rings is 1. The summed E-state index contributed by atoms with van der Waals surface area (Å²) in [6.45, 7) is 0.0722. The van der Waals surface area contributed by atoms with Crippen molar-refractivity contribution in [3.05, 3.63) is 35.4 Å². The summed E-state index contributed by atoms with van der Waals surface area (Å²) in [4.78, 5) is 11.3. The van der Waals surface area contributed by atoms with E-state index in [0.29, 0.717) is 12.8 Å². The summed E-state index contributed by atoms with van der Waals surface area (Å²) in [5.74, 6) is 0.259. The molecule has 0 bridgehead atoms. The molecule has 1 unspecified atom stereocenters. The Labute approximate surface area is 77.2 Å². The van der Waals surface area contributed by atoms with Crippen LogP contribution in [0.1, 0.15) is 23.5 Å². The van der Waals surface area contributed by atoms with Gasteiger partial charge >= 0.3 is 0 Å². The van der Waals surface area contributed by atoms with Gasteiger partial charge < -0.3 is 5.11 Å². The molecular formula is C11H12O2. The Kier molecular flexibility index (Phi) is 2.15. The Morgan fingerprint density at radius 2 is 2.15 bits per heavy atom. The Balaban J connectivity index is 2.42. The molecule has 0 aliphatic heterocycles. The Hall–Kier alpha value is -1.15. The summed E-state index contributed by atoms with van der Waals surface area (Å²) in [7, 11) is 0. The summed E-state index contributed by atoms with van der Waals surface area (Å²) in [6.07, 6.45) is 1.03. The summed E-state index contributed by atoms with van der Waals surface area (Å²) in [5.41, 5.74) is 2.22. The van der Waals surface area contributed by atoms with Gasteiger partial charge in [-0.3, -0.25) is 4.79 Å². The number of rotatable bonds is 1. The van der Waals surface area contributed by atoms with E-state index in [2.05, 4.69) is 0 Å². The molecule has 1 aromatic carbocycles. The maximum Gasteiger partial charge on any atom is 0.137 e. The molecule has 2 heteroatoms. The normalized spacial score (nSPS) is 21.3. The van der Waals surface area contributed by atoms with Gasteiger partial charge in [0.15, 0.2) is 0 Å². The van der Waals surface area contributed by atoms with Crippen molar-refractivity contribution in [1.82, 2.24) is 0 Å². The summed E-state index contributed by atoms with van der Waals surface area (Å²) < 4.78 is 0. The predicted octanol–water partition coefficient (Wildman–Crippen LogP) is 1.28. The molecule has 2 rings (SSSR count). The molecule has 13 heavy (non-hydrogen) atoms. The SMILES string of the molecule is O=C1Cc2ccccc2C(CO)C1. The minimum absolute atomic E-state index is 0.0254. The minimum atomic E-state index is 0.0254. The third-order valence-corrected chi connectivity index (χ3v) is 2.58. The average Bonchev–Trinajstić information content (AvgIpc) is 2.16. The van der Waals surface area contributed by atoms with Crippen LogP contribution in [-0.2, 0) is 11.2 Å². The van der Waals surface area contributed by atoms with Gasteiger partial charge in [0.1, 0.15) is 5.78 Å². The Morgan fingerprint density at radius 3 is 2.92 bits per heavy atom. The van der Waals surface area contributed by atoms with Crippen LogP contribution in [0.15, 0.2) is 24.3 Å². The average molecular weight is 176 g/mol. The van der Waals surface area contributed by atoms with Crippen molar-refractivity contribution >= 4 is 5.78 Å². The lowest BCUT2D eigenvalue weighted by atomic mass is 9.83. The maximum atomic E-state index is 11.3. The zero-order chi connectivity index (χ0) is 9.26. The van der Waals surface area contributed by atoms with E-state index in [1.54, 1.807) is 0 Å². The van der Waals surface area contributed by atoms with Gasteiger partial charge in [-0.2, -0.15) is 0 Å². The van der Waals surface area contributed by atoms with Gasteiger partial charge in [-0.1, -0.05) is 24.3 Å². The first-order valence-corrected chi connectivity index (χ1v) is 4.51. The monoisotopic (exact) mass is 176 g/mol. The quantitative estimate of drug-likeness (QED) is 0.699. The van der Waals surface area contributed by atoms with Crippen LogP contribution in [0.5, 0.6) is 0 Å². The van der Waals surface area contributed by atoms with Crippen LogP contribution < -0.4 is 0 Å². The second-order valence-electron chi connectivity index (χ2n) is 3.50. The first-order valence-electron chi connectivity index (χ1n) is 4.51. The highest BCUT2D eigenvalue weighted by Gasteiger charge is 2.23. The molecule has 0 radical (unpaired) electrons. The number of ketones is 1. The van der Waals surface area contributed by atoms with Crippen molar-refractivity contribution in [3.8, 4) is 0 Å². The van der Waals surface area contributed by atoms with Crippen molar-refractivity contribution in [2.45, 2.75) is 18.8 Å². The van der Waals surface area contributed by atoms with Gasteiger partial charge in [0, 0.05) is 18.8 Å². The molecular weight excluding hydrogens is 164 g/mol. The number of Topliss-reactive ketones (excluding diaryl/α,β-unsaturated/α-hetero) is 1. The standard InChI is InChI=1S/C11H12O2/c12-7-9-6-10(13)5-8-3-1-2-4-11(8)9/h1-4,9,12H,5-7H2. The zero-order valence-electron chi connectivity index (χ0n) is 7.36. The van der Waals surface area contributed by atoms with E-state index in [1.165, 1.54) is 0 Å². The number of aliphatic hydroxyl groups is 1. The molecule has 1 N–H and O–H groups in total. The Morgan fingerprint density at radius 1 is 1.38 bits per heavy atom. The lowest BCUT2D eigenvalue weighted by Gasteiger charge is -2.22. The van der Waals surface area contributed by atoms with Crippen molar-refractivity contribution < 1.29 is 9.90 Å².